The van der Waals surface area contributed by atoms with Crippen molar-refractivity contribution in [2.45, 2.75) is 50.7 Å². The van der Waals surface area contributed by atoms with Crippen molar-refractivity contribution >= 4 is 0 Å². The summed E-state index contributed by atoms with van der Waals surface area (Å²) < 4.78 is 0. The molecule has 0 saturated carbocycles. The van der Waals surface area contributed by atoms with Crippen molar-refractivity contribution in [1.29, 1.82) is 0 Å². The van der Waals surface area contributed by atoms with Crippen LogP contribution in [0, 0.1) is 0 Å². The van der Waals surface area contributed by atoms with E-state index in [1.807, 2.05) is 6.92 Å². The Morgan fingerprint density at radius 1 is 1.46 bits per heavy atom. The van der Waals surface area contributed by atoms with E-state index >= 15 is 0 Å². The largest absolute Gasteiger partial charge is 0.389 e. The molecule has 0 spiro atoms. The molecule has 0 radical (unpaired) electrons. The summed E-state index contributed by atoms with van der Waals surface area (Å²) in [6.07, 6.45) is 5.49. The molecule has 0 amide bonds. The van der Waals surface area contributed by atoms with E-state index < -0.39 is 5.60 Å². The second-order valence-corrected chi connectivity index (χ2v) is 4.25. The zero-order valence-corrected chi connectivity index (χ0v) is 8.55. The van der Waals surface area contributed by atoms with Crippen LogP contribution in [0.5, 0.6) is 0 Å². The van der Waals surface area contributed by atoms with Gasteiger partial charge < -0.3 is 16.2 Å². The van der Waals surface area contributed by atoms with Gasteiger partial charge >= 0.3 is 0 Å². The molecule has 1 aliphatic heterocycles. The minimum Gasteiger partial charge on any atom is -0.389 e. The first kappa shape index (κ1) is 11.0. The zero-order valence-electron chi connectivity index (χ0n) is 8.55. The second kappa shape index (κ2) is 4.94. The molecule has 0 aromatic heterocycles. The average molecular weight is 186 g/mol. The third-order valence-corrected chi connectivity index (χ3v) is 2.96. The molecule has 1 saturated heterocycles. The normalized spacial score (nSPS) is 29.3. The van der Waals surface area contributed by atoms with Gasteiger partial charge in [0, 0.05) is 6.04 Å². The zero-order chi connectivity index (χ0) is 9.73. The van der Waals surface area contributed by atoms with Gasteiger partial charge in [0.2, 0.25) is 0 Å². The van der Waals surface area contributed by atoms with Crippen molar-refractivity contribution in [3.8, 4) is 0 Å². The molecule has 0 aliphatic carbocycles. The van der Waals surface area contributed by atoms with Gasteiger partial charge in [0.05, 0.1) is 5.60 Å². The highest BCUT2D eigenvalue weighted by molar-refractivity contribution is 4.89. The van der Waals surface area contributed by atoms with Crippen molar-refractivity contribution in [1.82, 2.24) is 5.32 Å². The number of hydrogen-bond acceptors (Lipinski definition) is 3. The lowest BCUT2D eigenvalue weighted by atomic mass is 9.89. The van der Waals surface area contributed by atoms with Gasteiger partial charge in [0.25, 0.3) is 0 Å². The summed E-state index contributed by atoms with van der Waals surface area (Å²) in [4.78, 5) is 0. The van der Waals surface area contributed by atoms with Crippen molar-refractivity contribution in [3.63, 3.8) is 0 Å². The minimum atomic E-state index is -0.626. The van der Waals surface area contributed by atoms with Crippen LogP contribution in [0.2, 0.25) is 0 Å². The summed E-state index contributed by atoms with van der Waals surface area (Å²) in [5.74, 6) is 0. The van der Waals surface area contributed by atoms with E-state index in [4.69, 9.17) is 5.73 Å². The lowest BCUT2D eigenvalue weighted by Gasteiger charge is -2.32. The highest BCUT2D eigenvalue weighted by Gasteiger charge is 2.30. The summed E-state index contributed by atoms with van der Waals surface area (Å²) in [5.41, 5.74) is 4.85. The van der Waals surface area contributed by atoms with E-state index in [-0.39, 0.29) is 6.04 Å². The summed E-state index contributed by atoms with van der Waals surface area (Å²) in [6.45, 7) is 3.49. The Bertz CT molecular complexity index is 140. The molecule has 13 heavy (non-hydrogen) atoms. The lowest BCUT2D eigenvalue weighted by molar-refractivity contribution is 0.0121. The Labute approximate surface area is 80.7 Å². The van der Waals surface area contributed by atoms with Crippen molar-refractivity contribution in [2.75, 3.05) is 13.1 Å². The Morgan fingerprint density at radius 3 is 2.92 bits per heavy atom. The SMILES string of the molecule is CC(O)(CCN)C1CCCCCN1. The third-order valence-electron chi connectivity index (χ3n) is 2.96. The molecule has 2 atom stereocenters. The standard InChI is InChI=1S/C10H22N2O/c1-10(13,6-7-11)9-5-3-2-4-8-12-9/h9,12-13H,2-8,11H2,1H3. The first-order chi connectivity index (χ1) is 6.17. The molecule has 0 aromatic carbocycles. The van der Waals surface area contributed by atoms with Crippen molar-refractivity contribution in [3.05, 3.63) is 0 Å². The van der Waals surface area contributed by atoms with Gasteiger partial charge in [0.1, 0.15) is 0 Å². The van der Waals surface area contributed by atoms with E-state index in [0.717, 1.165) is 13.0 Å². The third kappa shape index (κ3) is 3.25. The van der Waals surface area contributed by atoms with Gasteiger partial charge in [-0.25, -0.2) is 0 Å². The van der Waals surface area contributed by atoms with E-state index in [9.17, 15) is 5.11 Å². The maximum absolute atomic E-state index is 10.1. The van der Waals surface area contributed by atoms with Crippen LogP contribution in [0.4, 0.5) is 0 Å². The maximum atomic E-state index is 10.1. The fourth-order valence-electron chi connectivity index (χ4n) is 2.03. The predicted octanol–water partition coefficient (Wildman–Crippen LogP) is 0.618. The molecule has 1 aliphatic rings. The van der Waals surface area contributed by atoms with E-state index in [0.29, 0.717) is 13.0 Å². The van der Waals surface area contributed by atoms with Crippen LogP contribution in [0.25, 0.3) is 0 Å². The molecule has 1 rings (SSSR count). The van der Waals surface area contributed by atoms with Crippen LogP contribution in [-0.4, -0.2) is 29.8 Å². The summed E-state index contributed by atoms with van der Waals surface area (Å²) in [5, 5.41) is 13.5. The molecule has 1 fully saturated rings. The maximum Gasteiger partial charge on any atom is 0.0784 e. The smallest absolute Gasteiger partial charge is 0.0784 e. The van der Waals surface area contributed by atoms with Crippen LogP contribution < -0.4 is 11.1 Å². The topological polar surface area (TPSA) is 58.3 Å². The van der Waals surface area contributed by atoms with Gasteiger partial charge in [-0.1, -0.05) is 12.8 Å². The Morgan fingerprint density at radius 2 is 2.23 bits per heavy atom. The first-order valence-electron chi connectivity index (χ1n) is 5.32. The Balaban J connectivity index is 2.46. The molecule has 1 heterocycles. The first-order valence-corrected chi connectivity index (χ1v) is 5.32. The van der Waals surface area contributed by atoms with Crippen LogP contribution in [0.15, 0.2) is 0 Å². The van der Waals surface area contributed by atoms with Crippen molar-refractivity contribution < 1.29 is 5.11 Å². The van der Waals surface area contributed by atoms with Crippen molar-refractivity contribution in [2.24, 2.45) is 5.73 Å². The molecule has 0 bridgehead atoms. The van der Waals surface area contributed by atoms with Gasteiger partial charge in [-0.05, 0) is 39.3 Å². The average Bonchev–Trinajstić information content (AvgIpc) is 2.31. The number of nitrogens with two attached hydrogens (primary N) is 1. The Hall–Kier alpha value is -0.120. The molecule has 2 unspecified atom stereocenters. The number of hydrogen-bond donors (Lipinski definition) is 3. The second-order valence-electron chi connectivity index (χ2n) is 4.25. The van der Waals surface area contributed by atoms with Crippen LogP contribution in [0.1, 0.15) is 39.0 Å². The highest BCUT2D eigenvalue weighted by atomic mass is 16.3. The number of rotatable bonds is 3. The van der Waals surface area contributed by atoms with Gasteiger partial charge in [0.15, 0.2) is 0 Å². The fraction of sp³-hybridized carbons (Fsp3) is 1.00. The van der Waals surface area contributed by atoms with Gasteiger partial charge in [-0.3, -0.25) is 0 Å². The molecule has 0 aromatic rings. The fourth-order valence-corrected chi connectivity index (χ4v) is 2.03. The van der Waals surface area contributed by atoms with Gasteiger partial charge in [-0.15, -0.1) is 0 Å². The summed E-state index contributed by atoms with van der Waals surface area (Å²) in [7, 11) is 0. The molecular weight excluding hydrogens is 164 g/mol. The van der Waals surface area contributed by atoms with E-state index in [2.05, 4.69) is 5.32 Å². The summed E-state index contributed by atoms with van der Waals surface area (Å²) >= 11 is 0. The number of nitrogens with one attached hydrogen (secondary N) is 1. The molecule has 4 N–H and O–H groups in total. The van der Waals surface area contributed by atoms with Crippen LogP contribution >= 0.6 is 0 Å². The van der Waals surface area contributed by atoms with Gasteiger partial charge in [-0.2, -0.15) is 0 Å². The lowest BCUT2D eigenvalue weighted by Crippen LogP contribution is -2.49. The number of aliphatic hydroxyl groups is 1. The monoisotopic (exact) mass is 186 g/mol. The molecular formula is C10H22N2O. The Kier molecular flexibility index (Phi) is 4.16. The molecule has 3 nitrogen and oxygen atoms in total. The highest BCUT2D eigenvalue weighted by Crippen LogP contribution is 2.21. The summed E-state index contributed by atoms with van der Waals surface area (Å²) in [6, 6.07) is 0.235. The molecule has 3 heteroatoms. The predicted molar refractivity (Wildman–Crippen MR) is 54.6 cm³/mol. The minimum absolute atomic E-state index is 0.235. The van der Waals surface area contributed by atoms with E-state index in [1.165, 1.54) is 19.3 Å². The van der Waals surface area contributed by atoms with E-state index in [1.54, 1.807) is 0 Å². The quantitative estimate of drug-likeness (QED) is 0.605. The van der Waals surface area contributed by atoms with Crippen LogP contribution in [-0.2, 0) is 0 Å². The molecule has 78 valence electrons. The van der Waals surface area contributed by atoms with Crippen LogP contribution in [0.3, 0.4) is 0 Å².